The lowest BCUT2D eigenvalue weighted by Gasteiger charge is -2.31. The Balaban J connectivity index is 1.75. The summed E-state index contributed by atoms with van der Waals surface area (Å²) in [5.41, 5.74) is 1.13. The van der Waals surface area contributed by atoms with E-state index < -0.39 is 11.7 Å². The molecule has 1 fully saturated rings. The highest BCUT2D eigenvalue weighted by Crippen LogP contribution is 2.29. The molecule has 2 aromatic carbocycles. The summed E-state index contributed by atoms with van der Waals surface area (Å²) in [6.07, 6.45) is 0. The van der Waals surface area contributed by atoms with Crippen LogP contribution in [-0.4, -0.2) is 32.0 Å². The van der Waals surface area contributed by atoms with Gasteiger partial charge in [0.1, 0.15) is 11.6 Å². The maximum atomic E-state index is 13.3. The van der Waals surface area contributed by atoms with E-state index in [1.807, 2.05) is 6.92 Å². The summed E-state index contributed by atoms with van der Waals surface area (Å²) in [7, 11) is 1.48. The second-order valence-electron chi connectivity index (χ2n) is 6.58. The molecule has 3 N–H and O–H groups in total. The topological polar surface area (TPSA) is 79.5 Å². The van der Waals surface area contributed by atoms with Crippen LogP contribution in [0, 0.1) is 17.7 Å². The first-order valence-corrected chi connectivity index (χ1v) is 8.74. The van der Waals surface area contributed by atoms with Crippen LogP contribution in [0.25, 0.3) is 0 Å². The van der Waals surface area contributed by atoms with E-state index in [4.69, 9.17) is 4.74 Å². The van der Waals surface area contributed by atoms with Crippen LogP contribution in [0.3, 0.4) is 0 Å². The van der Waals surface area contributed by atoms with E-state index in [0.29, 0.717) is 23.0 Å². The molecule has 2 aromatic rings. The Kier molecular flexibility index (Phi) is 5.71. The van der Waals surface area contributed by atoms with E-state index in [1.165, 1.54) is 25.3 Å². The number of nitrogens with one attached hydrogen (secondary N) is 3. The summed E-state index contributed by atoms with van der Waals surface area (Å²) < 4.78 is 18.6. The fraction of sp³-hybridized carbons (Fsp3) is 0.300. The minimum absolute atomic E-state index is 0.0749. The van der Waals surface area contributed by atoms with Crippen molar-refractivity contribution < 1.29 is 18.7 Å². The van der Waals surface area contributed by atoms with E-state index in [0.717, 1.165) is 19.2 Å². The number of carbonyl (C=O) groups is 2. The SMILES string of the molecule is COc1ccc(NC(=O)C(C)C2CNC2)cc1NC(=O)c1cccc(F)c1. The molecular formula is C20H22FN3O3. The van der Waals surface area contributed by atoms with E-state index in [1.54, 1.807) is 18.2 Å². The smallest absolute Gasteiger partial charge is 0.255 e. The molecule has 1 aliphatic heterocycles. The second-order valence-corrected chi connectivity index (χ2v) is 6.58. The normalized spacial score (nSPS) is 14.8. The molecule has 0 aliphatic carbocycles. The molecule has 0 aromatic heterocycles. The first kappa shape index (κ1) is 18.8. The Bertz CT molecular complexity index is 852. The van der Waals surface area contributed by atoms with Gasteiger partial charge >= 0.3 is 0 Å². The number of rotatable bonds is 6. The number of ether oxygens (including phenoxy) is 1. The Hall–Kier alpha value is -2.93. The highest BCUT2D eigenvalue weighted by atomic mass is 19.1. The quantitative estimate of drug-likeness (QED) is 0.730. The summed E-state index contributed by atoms with van der Waals surface area (Å²) in [6, 6.07) is 10.4. The maximum absolute atomic E-state index is 13.3. The minimum atomic E-state index is -0.491. The van der Waals surface area contributed by atoms with Crippen molar-refractivity contribution in [2.45, 2.75) is 6.92 Å². The van der Waals surface area contributed by atoms with Gasteiger partial charge in [-0.15, -0.1) is 0 Å². The number of benzene rings is 2. The van der Waals surface area contributed by atoms with Gasteiger partial charge < -0.3 is 20.7 Å². The molecule has 6 nitrogen and oxygen atoms in total. The molecule has 0 bridgehead atoms. The van der Waals surface area contributed by atoms with Gasteiger partial charge in [-0.3, -0.25) is 9.59 Å². The van der Waals surface area contributed by atoms with Crippen LogP contribution in [0.15, 0.2) is 42.5 Å². The van der Waals surface area contributed by atoms with E-state index in [-0.39, 0.29) is 17.4 Å². The molecule has 1 unspecified atom stereocenters. The second kappa shape index (κ2) is 8.18. The molecule has 7 heteroatoms. The lowest BCUT2D eigenvalue weighted by atomic mass is 9.88. The molecular weight excluding hydrogens is 349 g/mol. The van der Waals surface area contributed by atoms with E-state index in [2.05, 4.69) is 16.0 Å². The lowest BCUT2D eigenvalue weighted by molar-refractivity contribution is -0.121. The van der Waals surface area contributed by atoms with Crippen LogP contribution in [0.5, 0.6) is 5.75 Å². The van der Waals surface area contributed by atoms with Gasteiger partial charge in [0.25, 0.3) is 5.91 Å². The molecule has 3 rings (SSSR count). The van der Waals surface area contributed by atoms with Crippen molar-refractivity contribution in [3.8, 4) is 5.75 Å². The molecule has 1 heterocycles. The van der Waals surface area contributed by atoms with Crippen LogP contribution in [-0.2, 0) is 4.79 Å². The standard InChI is InChI=1S/C20H22FN3O3/c1-12(14-10-22-11-14)19(25)23-16-6-7-18(27-2)17(9-16)24-20(26)13-4-3-5-15(21)8-13/h3-9,12,14,22H,10-11H2,1-2H3,(H,23,25)(H,24,26). The fourth-order valence-electron chi connectivity index (χ4n) is 2.84. The van der Waals surface area contributed by atoms with Crippen LogP contribution in [0.4, 0.5) is 15.8 Å². The number of methoxy groups -OCH3 is 1. The highest BCUT2D eigenvalue weighted by molar-refractivity contribution is 6.05. The minimum Gasteiger partial charge on any atom is -0.495 e. The monoisotopic (exact) mass is 371 g/mol. The van der Waals surface area contributed by atoms with Gasteiger partial charge in [0.05, 0.1) is 12.8 Å². The number of hydrogen-bond donors (Lipinski definition) is 3. The molecule has 142 valence electrons. The van der Waals surface area contributed by atoms with Gasteiger partial charge in [-0.1, -0.05) is 13.0 Å². The van der Waals surface area contributed by atoms with Crippen LogP contribution < -0.4 is 20.7 Å². The highest BCUT2D eigenvalue weighted by Gasteiger charge is 2.28. The molecule has 0 radical (unpaired) electrons. The maximum Gasteiger partial charge on any atom is 0.255 e. The third kappa shape index (κ3) is 4.43. The molecule has 1 aliphatic rings. The zero-order valence-corrected chi connectivity index (χ0v) is 15.2. The Labute approximate surface area is 157 Å². The van der Waals surface area contributed by atoms with E-state index in [9.17, 15) is 14.0 Å². The van der Waals surface area contributed by atoms with Crippen LogP contribution in [0.2, 0.25) is 0 Å². The predicted octanol–water partition coefficient (Wildman–Crippen LogP) is 2.88. The molecule has 1 atom stereocenters. The number of hydrogen-bond acceptors (Lipinski definition) is 4. The van der Waals surface area contributed by atoms with Crippen molar-refractivity contribution >= 4 is 23.2 Å². The van der Waals surface area contributed by atoms with Gasteiger partial charge in [-0.25, -0.2) is 4.39 Å². The van der Waals surface area contributed by atoms with Crippen molar-refractivity contribution in [1.29, 1.82) is 0 Å². The largest absolute Gasteiger partial charge is 0.495 e. The molecule has 27 heavy (non-hydrogen) atoms. The Morgan fingerprint density at radius 1 is 1.19 bits per heavy atom. The summed E-state index contributed by atoms with van der Waals surface area (Å²) >= 11 is 0. The third-order valence-electron chi connectivity index (χ3n) is 4.74. The van der Waals surface area contributed by atoms with Crippen molar-refractivity contribution in [1.82, 2.24) is 5.32 Å². The van der Waals surface area contributed by atoms with Crippen molar-refractivity contribution in [2.24, 2.45) is 11.8 Å². The van der Waals surface area contributed by atoms with Gasteiger partial charge in [0.2, 0.25) is 5.91 Å². The zero-order chi connectivity index (χ0) is 19.4. The summed E-state index contributed by atoms with van der Waals surface area (Å²) in [5, 5.41) is 8.73. The van der Waals surface area contributed by atoms with Crippen molar-refractivity contribution in [3.05, 3.63) is 53.8 Å². The predicted molar refractivity (Wildman–Crippen MR) is 102 cm³/mol. The summed E-state index contributed by atoms with van der Waals surface area (Å²) in [4.78, 5) is 24.8. The first-order chi connectivity index (χ1) is 13.0. The number of carbonyl (C=O) groups excluding carboxylic acids is 2. The number of halogens is 1. The van der Waals surface area contributed by atoms with E-state index >= 15 is 0 Å². The van der Waals surface area contributed by atoms with Gasteiger partial charge in [0, 0.05) is 17.2 Å². The summed E-state index contributed by atoms with van der Waals surface area (Å²) in [5.74, 6) is -0.377. The van der Waals surface area contributed by atoms with Crippen molar-refractivity contribution in [2.75, 3.05) is 30.8 Å². The molecule has 0 saturated carbocycles. The molecule has 0 spiro atoms. The number of amides is 2. The Morgan fingerprint density at radius 2 is 1.96 bits per heavy atom. The average Bonchev–Trinajstić information content (AvgIpc) is 2.60. The molecule has 1 saturated heterocycles. The third-order valence-corrected chi connectivity index (χ3v) is 4.74. The van der Waals surface area contributed by atoms with Gasteiger partial charge in [-0.2, -0.15) is 0 Å². The zero-order valence-electron chi connectivity index (χ0n) is 15.2. The summed E-state index contributed by atoms with van der Waals surface area (Å²) in [6.45, 7) is 3.58. The average molecular weight is 371 g/mol. The van der Waals surface area contributed by atoms with Crippen LogP contribution in [0.1, 0.15) is 17.3 Å². The fourth-order valence-corrected chi connectivity index (χ4v) is 2.84. The van der Waals surface area contributed by atoms with Crippen LogP contribution >= 0.6 is 0 Å². The van der Waals surface area contributed by atoms with Gasteiger partial charge in [-0.05, 0) is 55.4 Å². The lowest BCUT2D eigenvalue weighted by Crippen LogP contribution is -2.48. The number of anilines is 2. The van der Waals surface area contributed by atoms with Crippen molar-refractivity contribution in [3.63, 3.8) is 0 Å². The molecule has 2 amide bonds. The first-order valence-electron chi connectivity index (χ1n) is 8.74. The van der Waals surface area contributed by atoms with Gasteiger partial charge in [0.15, 0.2) is 0 Å². The Morgan fingerprint density at radius 3 is 2.59 bits per heavy atom.